The molecule has 3 nitrogen and oxygen atoms in total. The molecule has 5 heteroatoms. The quantitative estimate of drug-likeness (QED) is 0.874. The molecule has 0 radical (unpaired) electrons. The van der Waals surface area contributed by atoms with E-state index in [2.05, 4.69) is 53.0 Å². The Morgan fingerprint density at radius 2 is 2.22 bits per heavy atom. The van der Waals surface area contributed by atoms with Crippen LogP contribution in [-0.4, -0.2) is 16.1 Å². The van der Waals surface area contributed by atoms with Crippen LogP contribution in [0.25, 0.3) is 0 Å². The number of thioether (sulfide) groups is 1. The van der Waals surface area contributed by atoms with Crippen molar-refractivity contribution < 1.29 is 0 Å². The van der Waals surface area contributed by atoms with Crippen molar-refractivity contribution in [2.24, 2.45) is 0 Å². The molecule has 0 aliphatic heterocycles. The molecule has 0 fully saturated rings. The van der Waals surface area contributed by atoms with Crippen LogP contribution in [0.3, 0.4) is 0 Å². The van der Waals surface area contributed by atoms with Gasteiger partial charge in [-0.2, -0.15) is 11.8 Å². The molecule has 1 heterocycles. The summed E-state index contributed by atoms with van der Waals surface area (Å²) < 4.78 is 4.00. The zero-order valence-electron chi connectivity index (χ0n) is 10.6. The molecule has 0 saturated carbocycles. The van der Waals surface area contributed by atoms with E-state index in [0.29, 0.717) is 0 Å². The van der Waals surface area contributed by atoms with Gasteiger partial charge in [0.15, 0.2) is 0 Å². The summed E-state index contributed by atoms with van der Waals surface area (Å²) in [5, 5.41) is 8.57. The Labute approximate surface area is 116 Å². The summed E-state index contributed by atoms with van der Waals surface area (Å²) in [4.78, 5) is 0. The number of benzene rings is 1. The largest absolute Gasteiger partial charge is 0.374 e. The molecular formula is C13H17N3S2. The highest BCUT2D eigenvalue weighted by atomic mass is 32.2. The number of hydrogen-bond acceptors (Lipinski definition) is 5. The third-order valence-electron chi connectivity index (χ3n) is 2.48. The van der Waals surface area contributed by atoms with Gasteiger partial charge in [-0.05, 0) is 19.4 Å². The molecule has 1 N–H and O–H groups in total. The summed E-state index contributed by atoms with van der Waals surface area (Å²) in [6.45, 7) is 5.13. The fraction of sp³-hybridized carbons (Fsp3) is 0.385. The summed E-state index contributed by atoms with van der Waals surface area (Å²) in [5.41, 5.74) is 3.75. The van der Waals surface area contributed by atoms with Gasteiger partial charge in [0.25, 0.3) is 0 Å². The molecule has 1 aromatic carbocycles. The molecule has 2 aromatic rings. The average molecular weight is 279 g/mol. The van der Waals surface area contributed by atoms with E-state index in [-0.39, 0.29) is 0 Å². The molecule has 2 rings (SSSR count). The van der Waals surface area contributed by atoms with E-state index < -0.39 is 0 Å². The van der Waals surface area contributed by atoms with Crippen LogP contribution in [0.4, 0.5) is 5.00 Å². The van der Waals surface area contributed by atoms with Crippen molar-refractivity contribution >= 4 is 28.3 Å². The molecule has 0 aliphatic carbocycles. The van der Waals surface area contributed by atoms with Gasteiger partial charge >= 0.3 is 0 Å². The third kappa shape index (κ3) is 3.71. The Morgan fingerprint density at radius 3 is 3.00 bits per heavy atom. The summed E-state index contributed by atoms with van der Waals surface area (Å²) in [7, 11) is 0. The molecule has 1 aromatic heterocycles. The first kappa shape index (κ1) is 13.4. The van der Waals surface area contributed by atoms with Crippen LogP contribution < -0.4 is 5.32 Å². The van der Waals surface area contributed by atoms with Crippen LogP contribution in [0.5, 0.6) is 0 Å². The van der Waals surface area contributed by atoms with E-state index >= 15 is 0 Å². The van der Waals surface area contributed by atoms with Crippen molar-refractivity contribution in [1.82, 2.24) is 9.59 Å². The second-order valence-electron chi connectivity index (χ2n) is 4.06. The molecule has 0 bridgehead atoms. The van der Waals surface area contributed by atoms with Gasteiger partial charge in [0.2, 0.25) is 0 Å². The van der Waals surface area contributed by atoms with Crippen LogP contribution >= 0.6 is 23.3 Å². The minimum Gasteiger partial charge on any atom is -0.374 e. The Hall–Kier alpha value is -1.07. The Kier molecular flexibility index (Phi) is 5.01. The van der Waals surface area contributed by atoms with Gasteiger partial charge in [-0.1, -0.05) is 34.3 Å². The predicted molar refractivity (Wildman–Crippen MR) is 80.3 cm³/mol. The van der Waals surface area contributed by atoms with E-state index in [0.717, 1.165) is 28.7 Å². The molecule has 0 saturated heterocycles. The van der Waals surface area contributed by atoms with E-state index in [4.69, 9.17) is 0 Å². The van der Waals surface area contributed by atoms with Crippen LogP contribution in [-0.2, 0) is 11.5 Å². The number of anilines is 1. The maximum atomic E-state index is 4.17. The van der Waals surface area contributed by atoms with Gasteiger partial charge in [-0.3, -0.25) is 0 Å². The van der Waals surface area contributed by atoms with Crippen molar-refractivity contribution in [2.45, 2.75) is 25.4 Å². The topological polar surface area (TPSA) is 37.8 Å². The zero-order chi connectivity index (χ0) is 12.8. The lowest BCUT2D eigenvalue weighted by Gasteiger charge is -2.03. The molecule has 0 spiro atoms. The normalized spacial score (nSPS) is 10.6. The molecule has 0 unspecified atom stereocenters. The van der Waals surface area contributed by atoms with E-state index in [1.807, 2.05) is 11.8 Å². The lowest BCUT2D eigenvalue weighted by atomic mass is 10.2. The SMILES string of the molecule is CCNc1snnc1CSCc1cccc(C)c1. The standard InChI is InChI=1S/C13H17N3S2/c1-3-14-13-12(15-16-18-13)9-17-8-11-6-4-5-10(2)7-11/h4-7,14H,3,8-9H2,1-2H3. The predicted octanol–water partition coefficient (Wildman–Crippen LogP) is 3.71. The highest BCUT2D eigenvalue weighted by molar-refractivity contribution is 7.97. The van der Waals surface area contributed by atoms with Gasteiger partial charge in [0.05, 0.1) is 0 Å². The first-order valence-corrected chi connectivity index (χ1v) is 7.90. The Bertz CT molecular complexity index is 496. The number of aryl methyl sites for hydroxylation is 1. The maximum absolute atomic E-state index is 4.17. The molecule has 0 aliphatic rings. The molecule has 18 heavy (non-hydrogen) atoms. The van der Waals surface area contributed by atoms with Crippen LogP contribution in [0.15, 0.2) is 24.3 Å². The summed E-state index contributed by atoms with van der Waals surface area (Å²) >= 11 is 3.31. The van der Waals surface area contributed by atoms with Crippen molar-refractivity contribution in [3.05, 3.63) is 41.1 Å². The van der Waals surface area contributed by atoms with Crippen LogP contribution in [0.2, 0.25) is 0 Å². The molecule has 0 atom stereocenters. The second kappa shape index (κ2) is 6.75. The number of aromatic nitrogens is 2. The summed E-state index contributed by atoms with van der Waals surface area (Å²) in [6.07, 6.45) is 0. The Morgan fingerprint density at radius 1 is 1.33 bits per heavy atom. The van der Waals surface area contributed by atoms with E-state index in [1.165, 1.54) is 22.7 Å². The number of rotatable bonds is 6. The van der Waals surface area contributed by atoms with Gasteiger partial charge < -0.3 is 5.32 Å². The first-order valence-electron chi connectivity index (χ1n) is 5.98. The number of nitrogens with zero attached hydrogens (tertiary/aromatic N) is 2. The second-order valence-corrected chi connectivity index (χ2v) is 5.80. The van der Waals surface area contributed by atoms with Crippen molar-refractivity contribution in [1.29, 1.82) is 0 Å². The first-order chi connectivity index (χ1) is 8.79. The average Bonchev–Trinajstić information content (AvgIpc) is 2.78. The number of hydrogen-bond donors (Lipinski definition) is 1. The minimum atomic E-state index is 0.909. The molecule has 0 amide bonds. The summed E-state index contributed by atoms with van der Waals surface area (Å²) in [6, 6.07) is 8.64. The van der Waals surface area contributed by atoms with Crippen LogP contribution in [0.1, 0.15) is 23.7 Å². The maximum Gasteiger partial charge on any atom is 0.134 e. The highest BCUT2D eigenvalue weighted by Crippen LogP contribution is 2.24. The molecular weight excluding hydrogens is 262 g/mol. The van der Waals surface area contributed by atoms with Gasteiger partial charge in [-0.25, -0.2) is 0 Å². The molecule has 96 valence electrons. The van der Waals surface area contributed by atoms with E-state index in [1.54, 1.807) is 0 Å². The van der Waals surface area contributed by atoms with Gasteiger partial charge in [0.1, 0.15) is 10.7 Å². The van der Waals surface area contributed by atoms with Crippen molar-refractivity contribution in [2.75, 3.05) is 11.9 Å². The smallest absolute Gasteiger partial charge is 0.134 e. The van der Waals surface area contributed by atoms with Crippen molar-refractivity contribution in [3.63, 3.8) is 0 Å². The monoisotopic (exact) mass is 279 g/mol. The number of nitrogens with one attached hydrogen (secondary N) is 1. The Balaban J connectivity index is 1.86. The minimum absolute atomic E-state index is 0.909. The van der Waals surface area contributed by atoms with Crippen LogP contribution in [0, 0.1) is 6.92 Å². The zero-order valence-corrected chi connectivity index (χ0v) is 12.3. The fourth-order valence-corrected chi connectivity index (χ4v) is 3.32. The lowest BCUT2D eigenvalue weighted by Crippen LogP contribution is -1.97. The lowest BCUT2D eigenvalue weighted by molar-refractivity contribution is 1.07. The summed E-state index contributed by atoms with van der Waals surface area (Å²) in [5.74, 6) is 1.93. The highest BCUT2D eigenvalue weighted by Gasteiger charge is 2.06. The van der Waals surface area contributed by atoms with Crippen molar-refractivity contribution in [3.8, 4) is 0 Å². The third-order valence-corrected chi connectivity index (χ3v) is 4.22. The van der Waals surface area contributed by atoms with Gasteiger partial charge in [0, 0.05) is 29.6 Å². The fourth-order valence-electron chi connectivity index (χ4n) is 1.67. The van der Waals surface area contributed by atoms with E-state index in [9.17, 15) is 0 Å². The van der Waals surface area contributed by atoms with Gasteiger partial charge in [-0.15, -0.1) is 5.10 Å².